The van der Waals surface area contributed by atoms with Gasteiger partial charge in [0.1, 0.15) is 17.5 Å². The first kappa shape index (κ1) is 25.3. The Balaban J connectivity index is 1.38. The summed E-state index contributed by atoms with van der Waals surface area (Å²) in [6.45, 7) is 2.04. The van der Waals surface area contributed by atoms with Crippen LogP contribution >= 0.6 is 12.2 Å². The Morgan fingerprint density at radius 2 is 1.55 bits per heavy atom. The second kappa shape index (κ2) is 10.6. The molecular formula is C31H25N5O3S. The maximum atomic E-state index is 11.2. The molecule has 6 rings (SSSR count). The minimum Gasteiger partial charge on any atom is -0.457 e. The van der Waals surface area contributed by atoms with Crippen molar-refractivity contribution in [3.63, 3.8) is 0 Å². The largest absolute Gasteiger partial charge is 0.457 e. The Morgan fingerprint density at radius 1 is 0.875 bits per heavy atom. The zero-order valence-electron chi connectivity index (χ0n) is 21.5. The van der Waals surface area contributed by atoms with Crippen LogP contribution in [0.1, 0.15) is 29.0 Å². The third-order valence-electron chi connectivity index (χ3n) is 6.89. The van der Waals surface area contributed by atoms with Crippen molar-refractivity contribution in [2.75, 3.05) is 4.90 Å². The van der Waals surface area contributed by atoms with Gasteiger partial charge >= 0.3 is 0 Å². The summed E-state index contributed by atoms with van der Waals surface area (Å²) in [6.07, 6.45) is 3.72. The van der Waals surface area contributed by atoms with E-state index in [1.807, 2.05) is 96.6 Å². The molecule has 8 nitrogen and oxygen atoms in total. The number of hydrogen-bond donors (Lipinski definition) is 1. The monoisotopic (exact) mass is 547 g/mol. The van der Waals surface area contributed by atoms with Gasteiger partial charge in [-0.05, 0) is 91.9 Å². The lowest BCUT2D eigenvalue weighted by molar-refractivity contribution is -0.384. The number of hydrogen-bond acceptors (Lipinski definition) is 5. The van der Waals surface area contributed by atoms with E-state index in [-0.39, 0.29) is 17.8 Å². The average Bonchev–Trinajstić information content (AvgIpc) is 3.59. The number of nitro benzene ring substituents is 1. The van der Waals surface area contributed by atoms with Crippen LogP contribution < -0.4 is 15.0 Å². The number of nitrogens with zero attached hydrogens (tertiary/aromatic N) is 4. The highest BCUT2D eigenvalue weighted by Gasteiger charge is 2.42. The molecule has 1 saturated heterocycles. The number of anilines is 1. The van der Waals surface area contributed by atoms with E-state index in [1.165, 1.54) is 17.7 Å². The van der Waals surface area contributed by atoms with Crippen molar-refractivity contribution >= 4 is 28.7 Å². The number of aromatic nitrogens is 2. The van der Waals surface area contributed by atoms with E-state index in [0.29, 0.717) is 5.11 Å². The van der Waals surface area contributed by atoms with Crippen molar-refractivity contribution < 1.29 is 9.66 Å². The lowest BCUT2D eigenvalue weighted by Crippen LogP contribution is -2.30. The standard InChI is InChI=1S/C31H25N5O3S/c1-21-7-15-25(16-8-21)39-26-17-13-23(14-18-26)35-30(29(33-31(35)40)27-5-2-3-19-32-27)28-6-4-20-34(28)22-9-11-24(12-10-22)36(37)38/h2-20,29-30H,1H3,(H,33,40)/t29-,30-/m1/s1. The maximum absolute atomic E-state index is 11.2. The van der Waals surface area contributed by atoms with Crippen LogP contribution in [0.15, 0.2) is 116 Å². The van der Waals surface area contributed by atoms with Crippen LogP contribution in [-0.4, -0.2) is 19.6 Å². The molecule has 1 N–H and O–H groups in total. The first-order chi connectivity index (χ1) is 19.5. The van der Waals surface area contributed by atoms with Crippen LogP contribution in [0.2, 0.25) is 0 Å². The van der Waals surface area contributed by atoms with Gasteiger partial charge in [0.15, 0.2) is 5.11 Å². The summed E-state index contributed by atoms with van der Waals surface area (Å²) in [6, 6.07) is 31.6. The molecule has 5 aromatic rings. The number of rotatable bonds is 7. The number of aryl methyl sites for hydroxylation is 1. The van der Waals surface area contributed by atoms with Crippen LogP contribution in [0.3, 0.4) is 0 Å². The number of non-ortho nitro benzene ring substituents is 1. The molecule has 0 saturated carbocycles. The summed E-state index contributed by atoms with van der Waals surface area (Å²) in [5.41, 5.74) is 4.73. The Bertz CT molecular complexity index is 1650. The van der Waals surface area contributed by atoms with Gasteiger partial charge < -0.3 is 19.5 Å². The molecule has 3 aromatic carbocycles. The summed E-state index contributed by atoms with van der Waals surface area (Å²) in [5.74, 6) is 1.49. The highest BCUT2D eigenvalue weighted by atomic mass is 32.1. The fourth-order valence-electron chi connectivity index (χ4n) is 4.96. The van der Waals surface area contributed by atoms with Gasteiger partial charge in [-0.1, -0.05) is 23.8 Å². The molecule has 0 bridgehead atoms. The molecule has 1 fully saturated rings. The van der Waals surface area contributed by atoms with Crippen molar-refractivity contribution in [2.45, 2.75) is 19.0 Å². The Morgan fingerprint density at radius 3 is 2.20 bits per heavy atom. The van der Waals surface area contributed by atoms with Crippen LogP contribution in [0, 0.1) is 17.0 Å². The fourth-order valence-corrected chi connectivity index (χ4v) is 5.30. The highest BCUT2D eigenvalue weighted by molar-refractivity contribution is 7.80. The van der Waals surface area contributed by atoms with Gasteiger partial charge in [0.2, 0.25) is 0 Å². The molecule has 0 spiro atoms. The normalized spacial score (nSPS) is 16.5. The first-order valence-corrected chi connectivity index (χ1v) is 13.2. The van der Waals surface area contributed by atoms with E-state index in [1.54, 1.807) is 18.3 Å². The van der Waals surface area contributed by atoms with Crippen LogP contribution in [0.4, 0.5) is 11.4 Å². The van der Waals surface area contributed by atoms with Crippen LogP contribution in [-0.2, 0) is 0 Å². The van der Waals surface area contributed by atoms with E-state index in [2.05, 4.69) is 15.2 Å². The van der Waals surface area contributed by atoms with E-state index >= 15 is 0 Å². The highest BCUT2D eigenvalue weighted by Crippen LogP contribution is 2.42. The molecule has 40 heavy (non-hydrogen) atoms. The fraction of sp³-hybridized carbons (Fsp3) is 0.0968. The van der Waals surface area contributed by atoms with E-state index in [9.17, 15) is 10.1 Å². The number of ether oxygens (including phenoxy) is 1. The zero-order valence-corrected chi connectivity index (χ0v) is 22.4. The molecule has 2 aromatic heterocycles. The number of nitrogens with one attached hydrogen (secondary N) is 1. The molecule has 1 aliphatic rings. The number of thiocarbonyl (C=S) groups is 1. The molecule has 1 aliphatic heterocycles. The molecular weight excluding hydrogens is 522 g/mol. The summed E-state index contributed by atoms with van der Waals surface area (Å²) < 4.78 is 8.07. The summed E-state index contributed by atoms with van der Waals surface area (Å²) in [4.78, 5) is 17.5. The van der Waals surface area contributed by atoms with E-state index in [4.69, 9.17) is 17.0 Å². The third-order valence-corrected chi connectivity index (χ3v) is 7.21. The van der Waals surface area contributed by atoms with Crippen molar-refractivity contribution in [3.05, 3.63) is 143 Å². The minimum atomic E-state index is -0.398. The predicted octanol–water partition coefficient (Wildman–Crippen LogP) is 7.06. The summed E-state index contributed by atoms with van der Waals surface area (Å²) in [7, 11) is 0. The molecule has 0 radical (unpaired) electrons. The van der Waals surface area contributed by atoms with Gasteiger partial charge in [0.25, 0.3) is 5.69 Å². The van der Waals surface area contributed by atoms with E-state index < -0.39 is 4.92 Å². The molecule has 0 amide bonds. The van der Waals surface area contributed by atoms with Gasteiger partial charge in [-0.15, -0.1) is 0 Å². The van der Waals surface area contributed by atoms with Crippen molar-refractivity contribution in [2.24, 2.45) is 0 Å². The number of benzene rings is 3. The predicted molar refractivity (Wildman–Crippen MR) is 158 cm³/mol. The Kier molecular flexibility index (Phi) is 6.71. The van der Waals surface area contributed by atoms with Crippen molar-refractivity contribution in [1.29, 1.82) is 0 Å². The van der Waals surface area contributed by atoms with Gasteiger partial charge in [0.05, 0.1) is 16.7 Å². The Labute approximate surface area is 236 Å². The lowest BCUT2D eigenvalue weighted by Gasteiger charge is -2.29. The van der Waals surface area contributed by atoms with Gasteiger partial charge in [-0.25, -0.2) is 0 Å². The quantitative estimate of drug-likeness (QED) is 0.133. The first-order valence-electron chi connectivity index (χ1n) is 12.8. The second-order valence-corrected chi connectivity index (χ2v) is 9.87. The smallest absolute Gasteiger partial charge is 0.269 e. The second-order valence-electron chi connectivity index (χ2n) is 9.48. The molecule has 0 aliphatic carbocycles. The van der Waals surface area contributed by atoms with Gasteiger partial charge in [-0.3, -0.25) is 15.1 Å². The summed E-state index contributed by atoms with van der Waals surface area (Å²) in [5, 5.41) is 15.3. The van der Waals surface area contributed by atoms with Gasteiger partial charge in [-0.2, -0.15) is 0 Å². The van der Waals surface area contributed by atoms with Crippen LogP contribution in [0.5, 0.6) is 11.5 Å². The van der Waals surface area contributed by atoms with E-state index in [0.717, 1.165) is 34.3 Å². The average molecular weight is 548 g/mol. The molecule has 2 atom stereocenters. The molecule has 3 heterocycles. The lowest BCUT2D eigenvalue weighted by atomic mass is 10.0. The maximum Gasteiger partial charge on any atom is 0.269 e. The number of nitro groups is 1. The zero-order chi connectivity index (χ0) is 27.6. The van der Waals surface area contributed by atoms with Crippen molar-refractivity contribution in [1.82, 2.24) is 14.9 Å². The molecule has 198 valence electrons. The molecule has 9 heteroatoms. The third kappa shape index (κ3) is 4.90. The number of pyridine rings is 1. The topological polar surface area (TPSA) is 85.5 Å². The molecule has 0 unspecified atom stereocenters. The van der Waals surface area contributed by atoms with Crippen molar-refractivity contribution in [3.8, 4) is 17.2 Å². The summed E-state index contributed by atoms with van der Waals surface area (Å²) >= 11 is 5.88. The SMILES string of the molecule is Cc1ccc(Oc2ccc(N3C(=S)N[C@H](c4ccccn4)[C@H]3c3cccn3-c3ccc([N+](=O)[O-])cc3)cc2)cc1. The van der Waals surface area contributed by atoms with Gasteiger partial charge in [0, 0.05) is 41.6 Å². The van der Waals surface area contributed by atoms with Crippen LogP contribution in [0.25, 0.3) is 5.69 Å². The Hall–Kier alpha value is -5.02. The minimum absolute atomic E-state index is 0.0436.